The maximum Gasteiger partial charge on any atom is 0.161 e. The van der Waals surface area contributed by atoms with E-state index in [9.17, 15) is 0 Å². The van der Waals surface area contributed by atoms with E-state index in [1.165, 1.54) is 0 Å². The Morgan fingerprint density at radius 2 is 2.00 bits per heavy atom. The van der Waals surface area contributed by atoms with Gasteiger partial charge in [0.2, 0.25) is 0 Å². The minimum absolute atomic E-state index is 0.442. The van der Waals surface area contributed by atoms with Crippen LogP contribution < -0.4 is 0 Å². The second-order valence-electron chi connectivity index (χ2n) is 3.74. The molecule has 0 atom stereocenters. The number of pyridine rings is 1. The maximum atomic E-state index is 6.16. The van der Waals surface area contributed by atoms with Crippen molar-refractivity contribution in [2.24, 2.45) is 0 Å². The molecule has 0 saturated heterocycles. The fourth-order valence-electron chi connectivity index (χ4n) is 1.70. The fraction of sp³-hybridized carbons (Fsp3) is 0. The van der Waals surface area contributed by atoms with Crippen LogP contribution >= 0.6 is 27.5 Å². The van der Waals surface area contributed by atoms with Crippen molar-refractivity contribution in [2.45, 2.75) is 0 Å². The Bertz CT molecular complexity index is 730. The number of hydrogen-bond acceptors (Lipinski definition) is 3. The van der Waals surface area contributed by atoms with E-state index in [2.05, 4.69) is 30.9 Å². The molecule has 3 aromatic rings. The van der Waals surface area contributed by atoms with E-state index in [-0.39, 0.29) is 0 Å². The maximum absolute atomic E-state index is 6.16. The summed E-state index contributed by atoms with van der Waals surface area (Å²) >= 11 is 9.59. The van der Waals surface area contributed by atoms with Gasteiger partial charge in [0.25, 0.3) is 0 Å². The highest BCUT2D eigenvalue weighted by Crippen LogP contribution is 2.25. The summed E-state index contributed by atoms with van der Waals surface area (Å²) in [6, 6.07) is 9.59. The van der Waals surface area contributed by atoms with E-state index >= 15 is 0 Å². The average molecular weight is 321 g/mol. The fourth-order valence-corrected chi connectivity index (χ4v) is 2.34. The van der Waals surface area contributed by atoms with Gasteiger partial charge in [-0.15, -0.1) is 0 Å². The molecule has 0 aliphatic rings. The predicted molar refractivity (Wildman–Crippen MR) is 75.5 cm³/mol. The predicted octanol–water partition coefficient (Wildman–Crippen LogP) is 4.11. The SMILES string of the molecule is Clc1nc(-c2cccc(Br)c2)nc2cnccc12. The number of aromatic nitrogens is 3. The van der Waals surface area contributed by atoms with E-state index in [1.54, 1.807) is 12.4 Å². The van der Waals surface area contributed by atoms with Crippen LogP contribution in [0.4, 0.5) is 0 Å². The lowest BCUT2D eigenvalue weighted by Crippen LogP contribution is -1.92. The van der Waals surface area contributed by atoms with E-state index in [0.717, 1.165) is 20.9 Å². The summed E-state index contributed by atoms with van der Waals surface area (Å²) < 4.78 is 0.978. The molecule has 5 heteroatoms. The van der Waals surface area contributed by atoms with Crippen LogP contribution in [0, 0.1) is 0 Å². The van der Waals surface area contributed by atoms with Crippen LogP contribution in [-0.2, 0) is 0 Å². The van der Waals surface area contributed by atoms with E-state index in [0.29, 0.717) is 11.0 Å². The first-order valence-corrected chi connectivity index (χ1v) is 6.44. The molecular weight excluding hydrogens is 314 g/mol. The normalized spacial score (nSPS) is 10.8. The molecule has 3 rings (SSSR count). The molecule has 0 fully saturated rings. The Hall–Kier alpha value is -1.52. The van der Waals surface area contributed by atoms with Gasteiger partial charge in [0.15, 0.2) is 5.82 Å². The van der Waals surface area contributed by atoms with Crippen LogP contribution in [0.5, 0.6) is 0 Å². The van der Waals surface area contributed by atoms with Crippen LogP contribution in [-0.4, -0.2) is 15.0 Å². The van der Waals surface area contributed by atoms with Crippen molar-refractivity contribution in [3.8, 4) is 11.4 Å². The van der Waals surface area contributed by atoms with Crippen LogP contribution in [0.3, 0.4) is 0 Å². The third-order valence-corrected chi connectivity index (χ3v) is 3.32. The van der Waals surface area contributed by atoms with Crippen molar-refractivity contribution in [1.29, 1.82) is 0 Å². The third kappa shape index (κ3) is 2.09. The summed E-state index contributed by atoms with van der Waals surface area (Å²) in [5, 5.41) is 1.25. The van der Waals surface area contributed by atoms with Gasteiger partial charge in [-0.1, -0.05) is 39.7 Å². The molecule has 2 heterocycles. The first-order chi connectivity index (χ1) is 8.74. The molecule has 0 aliphatic carbocycles. The van der Waals surface area contributed by atoms with E-state index < -0.39 is 0 Å². The lowest BCUT2D eigenvalue weighted by molar-refractivity contribution is 1.21. The van der Waals surface area contributed by atoms with Gasteiger partial charge in [-0.05, 0) is 18.2 Å². The average Bonchev–Trinajstić information content (AvgIpc) is 2.39. The molecule has 0 amide bonds. The molecule has 2 aromatic heterocycles. The molecule has 0 N–H and O–H groups in total. The molecule has 0 spiro atoms. The minimum atomic E-state index is 0.442. The summed E-state index contributed by atoms with van der Waals surface area (Å²) in [4.78, 5) is 12.8. The van der Waals surface area contributed by atoms with Gasteiger partial charge in [-0.2, -0.15) is 0 Å². The lowest BCUT2D eigenvalue weighted by Gasteiger charge is -2.04. The summed E-state index contributed by atoms with van der Waals surface area (Å²) in [5.41, 5.74) is 1.66. The van der Waals surface area contributed by atoms with Crippen molar-refractivity contribution >= 4 is 38.4 Å². The number of hydrogen-bond donors (Lipinski definition) is 0. The summed E-state index contributed by atoms with van der Waals surface area (Å²) in [5.74, 6) is 0.599. The standard InChI is InChI=1S/C13H7BrClN3/c14-9-3-1-2-8(6-9)13-17-11-7-16-5-4-10(11)12(15)18-13/h1-7H. The largest absolute Gasteiger partial charge is 0.262 e. The Labute approximate surface area is 117 Å². The van der Waals surface area contributed by atoms with E-state index in [1.807, 2.05) is 30.3 Å². The van der Waals surface area contributed by atoms with Gasteiger partial charge in [-0.3, -0.25) is 4.98 Å². The number of halogens is 2. The van der Waals surface area contributed by atoms with Gasteiger partial charge in [-0.25, -0.2) is 9.97 Å². The Kier molecular flexibility index (Phi) is 2.97. The van der Waals surface area contributed by atoms with Gasteiger partial charge in [0, 0.05) is 21.6 Å². The van der Waals surface area contributed by atoms with E-state index in [4.69, 9.17) is 11.6 Å². The van der Waals surface area contributed by atoms with Crippen molar-refractivity contribution < 1.29 is 0 Å². The summed E-state index contributed by atoms with van der Waals surface area (Å²) in [6.07, 6.45) is 3.36. The zero-order chi connectivity index (χ0) is 12.5. The van der Waals surface area contributed by atoms with Crippen molar-refractivity contribution in [3.05, 3.63) is 52.4 Å². The smallest absolute Gasteiger partial charge is 0.161 e. The first kappa shape index (κ1) is 11.6. The zero-order valence-electron chi connectivity index (χ0n) is 9.14. The molecule has 0 unspecified atom stereocenters. The quantitative estimate of drug-likeness (QED) is 0.633. The monoisotopic (exact) mass is 319 g/mol. The molecule has 0 radical (unpaired) electrons. The number of benzene rings is 1. The zero-order valence-corrected chi connectivity index (χ0v) is 11.5. The third-order valence-electron chi connectivity index (χ3n) is 2.54. The van der Waals surface area contributed by atoms with Gasteiger partial charge in [0.1, 0.15) is 5.15 Å². The highest BCUT2D eigenvalue weighted by molar-refractivity contribution is 9.10. The summed E-state index contributed by atoms with van der Waals surface area (Å²) in [6.45, 7) is 0. The molecule has 18 heavy (non-hydrogen) atoms. The highest BCUT2D eigenvalue weighted by Gasteiger charge is 2.07. The summed E-state index contributed by atoms with van der Waals surface area (Å²) in [7, 11) is 0. The van der Waals surface area contributed by atoms with Gasteiger partial charge < -0.3 is 0 Å². The van der Waals surface area contributed by atoms with Crippen molar-refractivity contribution in [2.75, 3.05) is 0 Å². The van der Waals surface area contributed by atoms with Crippen LogP contribution in [0.15, 0.2) is 47.2 Å². The van der Waals surface area contributed by atoms with Crippen LogP contribution in [0.25, 0.3) is 22.3 Å². The second-order valence-corrected chi connectivity index (χ2v) is 5.01. The molecule has 88 valence electrons. The van der Waals surface area contributed by atoms with Gasteiger partial charge >= 0.3 is 0 Å². The van der Waals surface area contributed by atoms with Crippen LogP contribution in [0.1, 0.15) is 0 Å². The number of nitrogens with zero attached hydrogens (tertiary/aromatic N) is 3. The number of fused-ring (bicyclic) bond motifs is 1. The van der Waals surface area contributed by atoms with Crippen molar-refractivity contribution in [1.82, 2.24) is 15.0 Å². The van der Waals surface area contributed by atoms with Gasteiger partial charge in [0.05, 0.1) is 11.7 Å². The lowest BCUT2D eigenvalue weighted by atomic mass is 10.2. The highest BCUT2D eigenvalue weighted by atomic mass is 79.9. The molecule has 0 aliphatic heterocycles. The molecule has 3 nitrogen and oxygen atoms in total. The second kappa shape index (κ2) is 4.63. The molecular formula is C13H7BrClN3. The number of rotatable bonds is 1. The molecule has 0 bridgehead atoms. The molecule has 0 saturated carbocycles. The van der Waals surface area contributed by atoms with Crippen molar-refractivity contribution in [3.63, 3.8) is 0 Å². The Morgan fingerprint density at radius 3 is 2.83 bits per heavy atom. The Morgan fingerprint density at radius 1 is 1.11 bits per heavy atom. The Balaban J connectivity index is 2.24. The first-order valence-electron chi connectivity index (χ1n) is 5.27. The topological polar surface area (TPSA) is 38.7 Å². The minimum Gasteiger partial charge on any atom is -0.262 e. The molecule has 1 aromatic carbocycles. The van der Waals surface area contributed by atoms with Crippen LogP contribution in [0.2, 0.25) is 5.15 Å².